The van der Waals surface area contributed by atoms with Crippen LogP contribution >= 0.6 is 22.9 Å². The zero-order chi connectivity index (χ0) is 28.6. The molecule has 3 aromatic rings. The van der Waals surface area contributed by atoms with Gasteiger partial charge in [-0.25, -0.2) is 9.59 Å². The van der Waals surface area contributed by atoms with Crippen LogP contribution in [0.3, 0.4) is 0 Å². The lowest BCUT2D eigenvalue weighted by Gasteiger charge is -2.35. The van der Waals surface area contributed by atoms with Gasteiger partial charge in [-0.2, -0.15) is 4.37 Å². The minimum atomic E-state index is -1.26. The van der Waals surface area contributed by atoms with E-state index >= 15 is 0 Å². The van der Waals surface area contributed by atoms with Crippen LogP contribution in [-0.4, -0.2) is 82.4 Å². The maximum atomic E-state index is 13.0. The number of rotatable bonds is 8. The van der Waals surface area contributed by atoms with Crippen molar-refractivity contribution < 1.29 is 29.4 Å². The van der Waals surface area contributed by atoms with Gasteiger partial charge in [0, 0.05) is 72.0 Å². The number of Topliss-reactive ketones (excluding diaryl/α,β-unsaturated/α-hetero) is 1. The molecule has 0 radical (unpaired) electrons. The second kappa shape index (κ2) is 13.6. The van der Waals surface area contributed by atoms with Crippen molar-refractivity contribution in [1.82, 2.24) is 14.6 Å². The van der Waals surface area contributed by atoms with E-state index in [1.807, 2.05) is 6.92 Å². The largest absolute Gasteiger partial charge is 0.478 e. The standard InChI is InChI=1S/C24H28N4O2S2.C4H4O4/c1-16-21(22-20(31-16)9-4-10-25-24(22)30)18(29)7-5-11-27-12-14-28(15-13-27)23-17-6-2-3-8-19(17)32-26-23;5-3(6)1-2-4(7)8/h2-3,6,8H,4-5,7,9-15H2,1H3,(H,25,30);1-2H,(H,5,6)(H,7,8). The van der Waals surface area contributed by atoms with Crippen molar-refractivity contribution in [1.29, 1.82) is 0 Å². The Hall–Kier alpha value is -3.61. The van der Waals surface area contributed by atoms with E-state index in [0.29, 0.717) is 36.2 Å². The lowest BCUT2D eigenvalue weighted by molar-refractivity contribution is -0.134. The Labute approximate surface area is 240 Å². The number of benzene rings is 1. The lowest BCUT2D eigenvalue weighted by Crippen LogP contribution is -2.46. The van der Waals surface area contributed by atoms with Gasteiger partial charge in [-0.05, 0) is 56.4 Å². The van der Waals surface area contributed by atoms with Gasteiger partial charge in [-0.1, -0.05) is 12.1 Å². The fraction of sp³-hybridized carbons (Fsp3) is 0.393. The van der Waals surface area contributed by atoms with Gasteiger partial charge in [0.2, 0.25) is 0 Å². The first-order valence-electron chi connectivity index (χ1n) is 13.1. The van der Waals surface area contributed by atoms with E-state index in [1.54, 1.807) is 22.9 Å². The average molecular weight is 585 g/mol. The van der Waals surface area contributed by atoms with Crippen molar-refractivity contribution >= 4 is 62.4 Å². The van der Waals surface area contributed by atoms with Crippen molar-refractivity contribution in [3.05, 3.63) is 57.3 Å². The Morgan fingerprint density at radius 3 is 2.48 bits per heavy atom. The van der Waals surface area contributed by atoms with Crippen LogP contribution in [0.5, 0.6) is 0 Å². The predicted octanol–water partition coefficient (Wildman–Crippen LogP) is 3.84. The molecule has 2 aliphatic heterocycles. The van der Waals surface area contributed by atoms with Crippen LogP contribution in [0, 0.1) is 6.92 Å². The molecule has 0 spiro atoms. The van der Waals surface area contributed by atoms with Crippen molar-refractivity contribution in [2.45, 2.75) is 32.6 Å². The number of carboxylic acid groups (broad SMARTS) is 2. The number of fused-ring (bicyclic) bond motifs is 2. The van der Waals surface area contributed by atoms with Gasteiger partial charge < -0.3 is 20.4 Å². The minimum Gasteiger partial charge on any atom is -0.478 e. The molecule has 4 heterocycles. The Kier molecular flexibility index (Phi) is 10.0. The number of thiophene rings is 1. The number of anilines is 1. The van der Waals surface area contributed by atoms with Crippen LogP contribution in [0.2, 0.25) is 0 Å². The molecule has 3 N–H and O–H groups in total. The predicted molar refractivity (Wildman–Crippen MR) is 156 cm³/mol. The van der Waals surface area contributed by atoms with E-state index in [-0.39, 0.29) is 11.7 Å². The summed E-state index contributed by atoms with van der Waals surface area (Å²) in [4.78, 5) is 51.5. The molecule has 1 saturated heterocycles. The highest BCUT2D eigenvalue weighted by molar-refractivity contribution is 7.13. The molecular weight excluding hydrogens is 552 g/mol. The molecule has 12 heteroatoms. The molecule has 1 fully saturated rings. The molecule has 0 saturated carbocycles. The van der Waals surface area contributed by atoms with Gasteiger partial charge in [0.05, 0.1) is 10.3 Å². The first-order valence-corrected chi connectivity index (χ1v) is 14.7. The smallest absolute Gasteiger partial charge is 0.328 e. The summed E-state index contributed by atoms with van der Waals surface area (Å²) in [6.07, 6.45) is 4.25. The number of carbonyl (C=O) groups excluding carboxylic acids is 2. The van der Waals surface area contributed by atoms with Crippen molar-refractivity contribution in [3.8, 4) is 0 Å². The van der Waals surface area contributed by atoms with Crippen molar-refractivity contribution in [2.24, 2.45) is 0 Å². The fourth-order valence-electron chi connectivity index (χ4n) is 4.91. The number of ketones is 1. The van der Waals surface area contributed by atoms with E-state index in [1.165, 1.54) is 10.1 Å². The molecule has 40 heavy (non-hydrogen) atoms. The van der Waals surface area contributed by atoms with Gasteiger partial charge >= 0.3 is 11.9 Å². The zero-order valence-corrected chi connectivity index (χ0v) is 23.9. The van der Waals surface area contributed by atoms with Crippen LogP contribution in [0.4, 0.5) is 5.82 Å². The summed E-state index contributed by atoms with van der Waals surface area (Å²) in [5.41, 5.74) is 1.32. The molecule has 10 nitrogen and oxygen atoms in total. The number of carbonyl (C=O) groups is 4. The fourth-order valence-corrected chi connectivity index (χ4v) is 6.93. The number of aliphatic carboxylic acids is 2. The topological polar surface area (TPSA) is 140 Å². The number of nitrogens with one attached hydrogen (secondary N) is 1. The maximum absolute atomic E-state index is 13.0. The van der Waals surface area contributed by atoms with Crippen LogP contribution in [-0.2, 0) is 16.0 Å². The molecule has 1 amide bonds. The number of piperazine rings is 1. The van der Waals surface area contributed by atoms with Crippen LogP contribution in [0.25, 0.3) is 10.1 Å². The highest BCUT2D eigenvalue weighted by Gasteiger charge is 2.27. The number of aryl methyl sites for hydroxylation is 2. The average Bonchev–Trinajstić information content (AvgIpc) is 3.46. The Morgan fingerprint density at radius 1 is 1.07 bits per heavy atom. The second-order valence-electron chi connectivity index (χ2n) is 9.56. The van der Waals surface area contributed by atoms with Crippen LogP contribution < -0.4 is 10.2 Å². The lowest BCUT2D eigenvalue weighted by atomic mass is 10.00. The molecule has 212 valence electrons. The number of nitrogens with zero attached hydrogens (tertiary/aromatic N) is 3. The van der Waals surface area contributed by atoms with Gasteiger partial charge in [-0.3, -0.25) is 14.5 Å². The molecule has 0 atom stereocenters. The molecule has 2 aromatic heterocycles. The first-order chi connectivity index (χ1) is 19.2. The second-order valence-corrected chi connectivity index (χ2v) is 11.7. The van der Waals surface area contributed by atoms with Gasteiger partial charge in [0.1, 0.15) is 5.82 Å². The minimum absolute atomic E-state index is 0.0733. The SMILES string of the molecule is Cc1sc2c(c1C(=O)CCCN1CCN(c3nsc4ccccc34)CC1)C(=O)NCCC2.O=C(O)C=CC(=O)O. The summed E-state index contributed by atoms with van der Waals surface area (Å²) >= 11 is 3.19. The quantitative estimate of drug-likeness (QED) is 0.266. The summed E-state index contributed by atoms with van der Waals surface area (Å²) < 4.78 is 5.92. The number of aromatic nitrogens is 1. The summed E-state index contributed by atoms with van der Waals surface area (Å²) in [5.74, 6) is -1.37. The highest BCUT2D eigenvalue weighted by atomic mass is 32.1. The molecule has 1 aromatic carbocycles. The molecule has 0 aliphatic carbocycles. The molecule has 5 rings (SSSR count). The monoisotopic (exact) mass is 584 g/mol. The number of hydrogen-bond acceptors (Lipinski definition) is 9. The van der Waals surface area contributed by atoms with Crippen molar-refractivity contribution in [3.63, 3.8) is 0 Å². The molecular formula is C28H32N4O6S2. The van der Waals surface area contributed by atoms with E-state index in [2.05, 4.69) is 43.8 Å². The van der Waals surface area contributed by atoms with Crippen LogP contribution in [0.1, 0.15) is 49.7 Å². The summed E-state index contributed by atoms with van der Waals surface area (Å²) in [6, 6.07) is 8.41. The third-order valence-electron chi connectivity index (χ3n) is 6.81. The van der Waals surface area contributed by atoms with E-state index in [0.717, 1.165) is 67.6 Å². The maximum Gasteiger partial charge on any atom is 0.328 e. The Morgan fingerprint density at radius 2 is 1.77 bits per heavy atom. The number of amides is 1. The summed E-state index contributed by atoms with van der Waals surface area (Å²) in [6.45, 7) is 7.45. The zero-order valence-electron chi connectivity index (χ0n) is 22.2. The van der Waals surface area contributed by atoms with Crippen molar-refractivity contribution in [2.75, 3.05) is 44.2 Å². The van der Waals surface area contributed by atoms with E-state index in [9.17, 15) is 19.2 Å². The van der Waals surface area contributed by atoms with Gasteiger partial charge in [0.15, 0.2) is 5.78 Å². The third-order valence-corrected chi connectivity index (χ3v) is 8.79. The molecule has 0 unspecified atom stereocenters. The van der Waals surface area contributed by atoms with Crippen LogP contribution in [0.15, 0.2) is 36.4 Å². The molecule has 0 bridgehead atoms. The summed E-state index contributed by atoms with van der Waals surface area (Å²) in [5, 5.41) is 19.8. The third kappa shape index (κ3) is 7.32. The number of hydrogen-bond donors (Lipinski definition) is 3. The molecule has 2 aliphatic rings. The van der Waals surface area contributed by atoms with E-state index < -0.39 is 11.9 Å². The normalized spacial score (nSPS) is 15.7. The Bertz CT molecular complexity index is 1410. The Balaban J connectivity index is 0.000000406. The number of carboxylic acids is 2. The summed E-state index contributed by atoms with van der Waals surface area (Å²) in [7, 11) is 0. The van der Waals surface area contributed by atoms with Gasteiger partial charge in [0.25, 0.3) is 5.91 Å². The first kappa shape index (κ1) is 29.4. The van der Waals surface area contributed by atoms with E-state index in [4.69, 9.17) is 10.2 Å². The highest BCUT2D eigenvalue weighted by Crippen LogP contribution is 2.32. The van der Waals surface area contributed by atoms with Gasteiger partial charge in [-0.15, -0.1) is 11.3 Å².